The van der Waals surface area contributed by atoms with E-state index in [0.717, 1.165) is 13.2 Å². The normalized spacial score (nSPS) is 11.2. The van der Waals surface area contributed by atoms with Crippen molar-refractivity contribution in [2.45, 2.75) is 20.3 Å². The van der Waals surface area contributed by atoms with Crippen LogP contribution < -0.4 is 16.2 Å². The predicted molar refractivity (Wildman–Crippen MR) is 143 cm³/mol. The number of anilines is 3. The molecule has 0 saturated heterocycles. The highest BCUT2D eigenvalue weighted by molar-refractivity contribution is 7.92. The fourth-order valence-corrected chi connectivity index (χ4v) is 4.33. The van der Waals surface area contributed by atoms with Crippen molar-refractivity contribution >= 4 is 38.5 Å². The summed E-state index contributed by atoms with van der Waals surface area (Å²) in [5.74, 6) is -0.866. The number of sulfonamides is 1. The maximum atomic E-state index is 15.1. The van der Waals surface area contributed by atoms with Crippen LogP contribution in [-0.4, -0.2) is 59.0 Å². The molecule has 0 unspecified atom stereocenters. The summed E-state index contributed by atoms with van der Waals surface area (Å²) in [5, 5.41) is 0. The van der Waals surface area contributed by atoms with Crippen LogP contribution in [0.15, 0.2) is 42.7 Å². The van der Waals surface area contributed by atoms with Gasteiger partial charge in [0.2, 0.25) is 16.0 Å². The van der Waals surface area contributed by atoms with Crippen molar-refractivity contribution in [2.75, 3.05) is 41.8 Å². The lowest BCUT2D eigenvalue weighted by molar-refractivity contribution is 0.162. The van der Waals surface area contributed by atoms with Crippen LogP contribution in [0.4, 0.5) is 26.2 Å². The molecular weight excluding hydrogens is 518 g/mol. The number of nitrogens with zero attached hydrogens (tertiary/aromatic N) is 5. The zero-order valence-electron chi connectivity index (χ0n) is 20.9. The van der Waals surface area contributed by atoms with Gasteiger partial charge in [-0.3, -0.25) is 9.11 Å². The number of nitrogen functional groups attached to an aromatic ring is 2. The molecule has 0 aliphatic carbocycles. The molecule has 3 aromatic heterocycles. The number of fused-ring (bicyclic) bond motifs is 1. The molecule has 1 aromatic carbocycles. The molecule has 0 spiro atoms. The van der Waals surface area contributed by atoms with Gasteiger partial charge in [-0.1, -0.05) is 6.07 Å². The van der Waals surface area contributed by atoms with Crippen molar-refractivity contribution in [1.82, 2.24) is 24.9 Å². The minimum atomic E-state index is -3.90. The third-order valence-corrected chi connectivity index (χ3v) is 6.35. The monoisotopic (exact) mass is 546 g/mol. The Morgan fingerprint density at radius 3 is 2.34 bits per heavy atom. The smallest absolute Gasteiger partial charge is 0.232 e. The molecule has 202 valence electrons. The largest absolute Gasteiger partial charge is 0.382 e. The molecular formula is C24H28F2N8O3S. The molecule has 0 fully saturated rings. The Bertz CT molecular complexity index is 1490. The van der Waals surface area contributed by atoms with Gasteiger partial charge in [0.25, 0.3) is 0 Å². The van der Waals surface area contributed by atoms with Gasteiger partial charge < -0.3 is 16.2 Å². The Hall–Kier alpha value is -4.04. The van der Waals surface area contributed by atoms with E-state index < -0.39 is 28.3 Å². The molecule has 0 atom stereocenters. The number of ether oxygens (including phenoxy) is 1. The van der Waals surface area contributed by atoms with Crippen LogP contribution >= 0.6 is 0 Å². The molecule has 4 aromatic rings. The number of pyridine rings is 1. The maximum Gasteiger partial charge on any atom is 0.232 e. The van der Waals surface area contributed by atoms with Gasteiger partial charge in [0.1, 0.15) is 5.52 Å². The van der Waals surface area contributed by atoms with E-state index in [9.17, 15) is 12.8 Å². The number of halogens is 2. The molecule has 14 heteroatoms. The first-order chi connectivity index (χ1) is 18.2. The highest BCUT2D eigenvalue weighted by Crippen LogP contribution is 2.30. The van der Waals surface area contributed by atoms with E-state index in [-0.39, 0.29) is 46.5 Å². The minimum Gasteiger partial charge on any atom is -0.382 e. The fraction of sp³-hybridized carbons (Fsp3) is 0.292. The number of nitrogens with one attached hydrogen (secondary N) is 1. The lowest BCUT2D eigenvalue weighted by atomic mass is 10.1. The maximum absolute atomic E-state index is 15.1. The van der Waals surface area contributed by atoms with E-state index in [0.29, 0.717) is 11.1 Å². The molecule has 4 rings (SSSR count). The summed E-state index contributed by atoms with van der Waals surface area (Å²) in [6.45, 7) is 4.88. The van der Waals surface area contributed by atoms with Crippen molar-refractivity contribution in [1.29, 1.82) is 0 Å². The molecule has 0 aliphatic rings. The van der Waals surface area contributed by atoms with Gasteiger partial charge >= 0.3 is 0 Å². The van der Waals surface area contributed by atoms with E-state index in [2.05, 4.69) is 29.6 Å². The molecule has 0 saturated carbocycles. The molecule has 0 aliphatic heterocycles. The Morgan fingerprint density at radius 2 is 1.71 bits per heavy atom. The minimum absolute atomic E-state index is 0.0398. The lowest BCUT2D eigenvalue weighted by Gasteiger charge is -2.12. The molecule has 5 N–H and O–H groups in total. The summed E-state index contributed by atoms with van der Waals surface area (Å²) in [6, 6.07) is 7.30. The van der Waals surface area contributed by atoms with E-state index in [1.54, 1.807) is 6.07 Å². The van der Waals surface area contributed by atoms with Crippen molar-refractivity contribution in [3.05, 3.63) is 48.5 Å². The van der Waals surface area contributed by atoms with E-state index >= 15 is 4.39 Å². The summed E-state index contributed by atoms with van der Waals surface area (Å²) in [5.41, 5.74) is 12.7. The highest BCUT2D eigenvalue weighted by atomic mass is 32.2. The summed E-state index contributed by atoms with van der Waals surface area (Å²) >= 11 is 0. The summed E-state index contributed by atoms with van der Waals surface area (Å²) in [4.78, 5) is 20.8. The van der Waals surface area contributed by atoms with Crippen molar-refractivity contribution in [3.63, 3.8) is 0 Å². The summed E-state index contributed by atoms with van der Waals surface area (Å²) < 4.78 is 58.5. The van der Waals surface area contributed by atoms with E-state index in [1.807, 2.05) is 13.8 Å². The third kappa shape index (κ3) is 7.26. The Labute approximate surface area is 218 Å². The van der Waals surface area contributed by atoms with Crippen LogP contribution in [0.2, 0.25) is 0 Å². The summed E-state index contributed by atoms with van der Waals surface area (Å²) in [7, 11) is -3.90. The van der Waals surface area contributed by atoms with Crippen LogP contribution in [0.3, 0.4) is 0 Å². The quantitative estimate of drug-likeness (QED) is 0.282. The number of nitrogens with two attached hydrogens (primary N) is 2. The van der Waals surface area contributed by atoms with Crippen LogP contribution in [0.5, 0.6) is 0 Å². The molecule has 0 bridgehead atoms. The van der Waals surface area contributed by atoms with Gasteiger partial charge in [-0.2, -0.15) is 0 Å². The molecule has 0 radical (unpaired) electrons. The van der Waals surface area contributed by atoms with Gasteiger partial charge in [0.05, 0.1) is 34.9 Å². The van der Waals surface area contributed by atoms with Gasteiger partial charge in [-0.15, -0.1) is 0 Å². The second kappa shape index (κ2) is 13.0. The molecule has 11 nitrogen and oxygen atoms in total. The Morgan fingerprint density at radius 1 is 1.00 bits per heavy atom. The van der Waals surface area contributed by atoms with Gasteiger partial charge in [-0.05, 0) is 44.5 Å². The van der Waals surface area contributed by atoms with Gasteiger partial charge in [0, 0.05) is 31.2 Å². The average molecular weight is 547 g/mol. The van der Waals surface area contributed by atoms with Crippen LogP contribution in [0.25, 0.3) is 33.7 Å². The first kappa shape index (κ1) is 28.5. The number of hydrogen-bond acceptors (Lipinski definition) is 10. The number of hydrogen-bond donors (Lipinski definition) is 3. The van der Waals surface area contributed by atoms with E-state index in [1.165, 1.54) is 36.7 Å². The third-order valence-electron chi connectivity index (χ3n) is 4.99. The average Bonchev–Trinajstić information content (AvgIpc) is 2.90. The SMILES string of the molecule is CCOCC.Nc1ncc(-c2nc(N)c3nc(-c4cccc(NS(=O)(=O)CCCF)c4F)ccc3n2)cn1. The van der Waals surface area contributed by atoms with Gasteiger partial charge in [0.15, 0.2) is 17.5 Å². The van der Waals surface area contributed by atoms with Crippen LogP contribution in [0, 0.1) is 5.82 Å². The molecule has 3 heterocycles. The van der Waals surface area contributed by atoms with Crippen molar-refractivity contribution in [2.24, 2.45) is 0 Å². The first-order valence-corrected chi connectivity index (χ1v) is 13.3. The Balaban J connectivity index is 0.000000732. The fourth-order valence-electron chi connectivity index (χ4n) is 3.25. The number of benzene rings is 1. The second-order valence-corrected chi connectivity index (χ2v) is 9.58. The van der Waals surface area contributed by atoms with Crippen molar-refractivity contribution in [3.8, 4) is 22.6 Å². The Kier molecular flexibility index (Phi) is 9.73. The number of aromatic nitrogens is 5. The topological polar surface area (TPSA) is 172 Å². The highest BCUT2D eigenvalue weighted by Gasteiger charge is 2.18. The summed E-state index contributed by atoms with van der Waals surface area (Å²) in [6.07, 6.45) is 2.73. The molecule has 38 heavy (non-hydrogen) atoms. The number of rotatable bonds is 9. The molecule has 0 amide bonds. The van der Waals surface area contributed by atoms with Gasteiger partial charge in [-0.25, -0.2) is 37.7 Å². The number of alkyl halides is 1. The van der Waals surface area contributed by atoms with E-state index in [4.69, 9.17) is 16.2 Å². The predicted octanol–water partition coefficient (Wildman–Crippen LogP) is 3.60. The van der Waals surface area contributed by atoms with Crippen LogP contribution in [0.1, 0.15) is 20.3 Å². The lowest BCUT2D eigenvalue weighted by Crippen LogP contribution is -2.18. The second-order valence-electron chi connectivity index (χ2n) is 7.74. The van der Waals surface area contributed by atoms with Crippen LogP contribution in [-0.2, 0) is 14.8 Å². The first-order valence-electron chi connectivity index (χ1n) is 11.6. The zero-order chi connectivity index (χ0) is 27.7. The standard InChI is InChI=1S/C20H18F2N8O2S.C4H10O/c21-7-2-8-33(31,32)30-14-4-1-3-12(16(14)22)13-5-6-15-17(27-13)18(23)29-19(28-15)11-9-25-20(24)26-10-11;1-3-5-4-2/h1,3-6,9-10,30H,2,7-8H2,(H2,23,28,29)(H2,24,25,26);3-4H2,1-2H3. The van der Waals surface area contributed by atoms with Crippen molar-refractivity contribution < 1.29 is 21.9 Å². The zero-order valence-corrected chi connectivity index (χ0v) is 21.7.